The largest absolute Gasteiger partial charge is 0.233 e. The molecular weight excluding hydrogens is 274 g/mol. The van der Waals surface area contributed by atoms with Crippen molar-refractivity contribution in [2.24, 2.45) is 16.8 Å². The third-order valence-electron chi connectivity index (χ3n) is 4.88. The summed E-state index contributed by atoms with van der Waals surface area (Å²) in [6, 6.07) is 10.0. The molecule has 1 aromatic carbocycles. The predicted octanol–water partition coefficient (Wildman–Crippen LogP) is 5.44. The van der Waals surface area contributed by atoms with E-state index in [1.165, 1.54) is 44.9 Å². The van der Waals surface area contributed by atoms with Gasteiger partial charge in [0.15, 0.2) is 0 Å². The molecule has 3 rings (SSSR count). The monoisotopic (exact) mass is 297 g/mol. The normalized spacial score (nSPS) is 29.5. The van der Waals surface area contributed by atoms with E-state index in [0.717, 1.165) is 22.6 Å². The summed E-state index contributed by atoms with van der Waals surface area (Å²) >= 11 is 1.83. The van der Waals surface area contributed by atoms with E-state index >= 15 is 0 Å². The second-order valence-corrected chi connectivity index (χ2v) is 7.54. The molecule has 0 spiro atoms. The second-order valence-electron chi connectivity index (χ2n) is 6.25. The van der Waals surface area contributed by atoms with Gasteiger partial charge in [-0.25, -0.2) is 4.99 Å². The maximum absolute atomic E-state index is 5.67. The van der Waals surface area contributed by atoms with Crippen LogP contribution in [-0.4, -0.2) is 10.3 Å². The molecule has 110 valence electrons. The highest BCUT2D eigenvalue weighted by atomic mass is 32.2. The van der Waals surface area contributed by atoms with Gasteiger partial charge in [0.2, 0.25) is 0 Å². The number of thioether (sulfide) groups is 1. The molecule has 3 atom stereocenters. The molecule has 0 saturated heterocycles. The quantitative estimate of drug-likeness (QED) is 0.402. The van der Waals surface area contributed by atoms with Crippen molar-refractivity contribution in [3.8, 4) is 12.3 Å². The first-order valence-electron chi connectivity index (χ1n) is 8.12. The topological polar surface area (TPSA) is 12.4 Å². The third-order valence-corrected chi connectivity index (χ3v) is 6.07. The van der Waals surface area contributed by atoms with Crippen LogP contribution < -0.4 is 0 Å². The van der Waals surface area contributed by atoms with Crippen LogP contribution in [0.25, 0.3) is 0 Å². The minimum atomic E-state index is 0.669. The van der Waals surface area contributed by atoms with Crippen molar-refractivity contribution in [1.29, 1.82) is 0 Å². The van der Waals surface area contributed by atoms with Gasteiger partial charge in [0.25, 0.3) is 0 Å². The number of hydrogen-bond acceptors (Lipinski definition) is 2. The minimum absolute atomic E-state index is 0.669. The van der Waals surface area contributed by atoms with Gasteiger partial charge in [-0.2, -0.15) is 0 Å². The number of aliphatic imine (C=N–C) groups is 1. The molecule has 0 aliphatic heterocycles. The van der Waals surface area contributed by atoms with E-state index in [0.29, 0.717) is 5.25 Å². The van der Waals surface area contributed by atoms with Crippen molar-refractivity contribution in [3.05, 3.63) is 30.3 Å². The van der Waals surface area contributed by atoms with Gasteiger partial charge < -0.3 is 0 Å². The lowest BCUT2D eigenvalue weighted by molar-refractivity contribution is 0.175. The maximum atomic E-state index is 5.67. The lowest BCUT2D eigenvalue weighted by atomic mass is 9.71. The van der Waals surface area contributed by atoms with Crippen LogP contribution in [0.15, 0.2) is 35.3 Å². The van der Waals surface area contributed by atoms with E-state index in [-0.39, 0.29) is 0 Å². The van der Waals surface area contributed by atoms with Gasteiger partial charge in [0.1, 0.15) is 5.04 Å². The fraction of sp³-hybridized carbons (Fsp3) is 0.526. The Balaban J connectivity index is 1.62. The van der Waals surface area contributed by atoms with Crippen molar-refractivity contribution in [2.45, 2.75) is 50.2 Å². The van der Waals surface area contributed by atoms with Gasteiger partial charge in [0, 0.05) is 5.25 Å². The first-order chi connectivity index (χ1) is 10.3. The van der Waals surface area contributed by atoms with Gasteiger partial charge in [-0.1, -0.05) is 55.6 Å². The van der Waals surface area contributed by atoms with Crippen LogP contribution in [0.2, 0.25) is 0 Å². The van der Waals surface area contributed by atoms with Crippen LogP contribution >= 0.6 is 11.8 Å². The van der Waals surface area contributed by atoms with Gasteiger partial charge in [-0.05, 0) is 49.2 Å². The average molecular weight is 297 g/mol. The zero-order valence-corrected chi connectivity index (χ0v) is 13.3. The van der Waals surface area contributed by atoms with Crippen LogP contribution in [0.5, 0.6) is 0 Å². The van der Waals surface area contributed by atoms with Crippen molar-refractivity contribution >= 4 is 22.5 Å². The number of rotatable bonds is 2. The zero-order chi connectivity index (χ0) is 14.5. The lowest BCUT2D eigenvalue weighted by Gasteiger charge is -2.38. The molecule has 0 radical (unpaired) electrons. The molecule has 0 aromatic heterocycles. The first-order valence-corrected chi connectivity index (χ1v) is 9.00. The molecule has 1 nitrogen and oxygen atoms in total. The highest BCUT2D eigenvalue weighted by Gasteiger charge is 2.32. The molecule has 2 saturated carbocycles. The molecular formula is C19H23NS. The van der Waals surface area contributed by atoms with Crippen molar-refractivity contribution in [1.82, 2.24) is 0 Å². The molecule has 0 amide bonds. The number of fused-ring (bicyclic) bond motifs is 1. The Morgan fingerprint density at radius 1 is 1.05 bits per heavy atom. The third kappa shape index (κ3) is 3.92. The molecule has 2 aliphatic rings. The Morgan fingerprint density at radius 2 is 1.81 bits per heavy atom. The highest BCUT2D eigenvalue weighted by molar-refractivity contribution is 8.15. The molecule has 21 heavy (non-hydrogen) atoms. The highest BCUT2D eigenvalue weighted by Crippen LogP contribution is 2.44. The summed E-state index contributed by atoms with van der Waals surface area (Å²) in [6.07, 6.45) is 15.5. The Bertz CT molecular complexity index is 528. The molecule has 2 heteroatoms. The first kappa shape index (κ1) is 14.7. The minimum Gasteiger partial charge on any atom is -0.233 e. The summed E-state index contributed by atoms with van der Waals surface area (Å²) in [6.45, 7) is 0. The van der Waals surface area contributed by atoms with Crippen LogP contribution in [-0.2, 0) is 0 Å². The lowest BCUT2D eigenvalue weighted by Crippen LogP contribution is -2.29. The van der Waals surface area contributed by atoms with Crippen molar-refractivity contribution in [3.63, 3.8) is 0 Å². The van der Waals surface area contributed by atoms with Crippen molar-refractivity contribution in [2.75, 3.05) is 0 Å². The predicted molar refractivity (Wildman–Crippen MR) is 93.0 cm³/mol. The summed E-state index contributed by atoms with van der Waals surface area (Å²) in [5, 5.41) is 1.52. The van der Waals surface area contributed by atoms with Crippen LogP contribution in [0, 0.1) is 24.2 Å². The molecule has 1 aromatic rings. The smallest absolute Gasteiger partial charge is 0.147 e. The van der Waals surface area contributed by atoms with E-state index in [9.17, 15) is 0 Å². The van der Waals surface area contributed by atoms with E-state index in [4.69, 9.17) is 6.42 Å². The second kappa shape index (κ2) is 7.18. The Hall–Kier alpha value is -1.20. The zero-order valence-electron chi connectivity index (χ0n) is 12.5. The van der Waals surface area contributed by atoms with Crippen LogP contribution in [0.1, 0.15) is 44.9 Å². The van der Waals surface area contributed by atoms with E-state index in [2.05, 4.69) is 10.9 Å². The van der Waals surface area contributed by atoms with E-state index < -0.39 is 0 Å². The molecule has 3 unspecified atom stereocenters. The number of benzene rings is 1. The standard InChI is InChI=1S/C19H23NS/c1-2-19(20-17-10-4-3-5-11-17)21-18-13-12-15-8-6-7-9-16(15)14-18/h1,3-5,10-11,15-16,18H,6-9,12-14H2. The molecule has 0 heterocycles. The Kier molecular flexibility index (Phi) is 5.04. The van der Waals surface area contributed by atoms with Crippen LogP contribution in [0.4, 0.5) is 5.69 Å². The number of terminal acetylenes is 1. The Morgan fingerprint density at radius 3 is 2.57 bits per heavy atom. The number of nitrogens with zero attached hydrogens (tertiary/aromatic N) is 1. The molecule has 2 fully saturated rings. The maximum Gasteiger partial charge on any atom is 0.147 e. The summed E-state index contributed by atoms with van der Waals surface area (Å²) in [4.78, 5) is 4.62. The molecule has 2 aliphatic carbocycles. The van der Waals surface area contributed by atoms with Gasteiger partial charge in [0.05, 0.1) is 5.69 Å². The fourth-order valence-corrected chi connectivity index (χ4v) is 4.95. The van der Waals surface area contributed by atoms with Gasteiger partial charge in [-0.15, -0.1) is 6.42 Å². The van der Waals surface area contributed by atoms with E-state index in [1.807, 2.05) is 42.1 Å². The Labute approximate surface area is 132 Å². The number of para-hydroxylation sites is 1. The SMILES string of the molecule is C#CC(=Nc1ccccc1)SC1CCC2CCCCC2C1. The van der Waals surface area contributed by atoms with Crippen LogP contribution in [0.3, 0.4) is 0 Å². The average Bonchev–Trinajstić information content (AvgIpc) is 2.55. The van der Waals surface area contributed by atoms with Crippen molar-refractivity contribution < 1.29 is 0 Å². The van der Waals surface area contributed by atoms with Gasteiger partial charge >= 0.3 is 0 Å². The fourth-order valence-electron chi connectivity index (χ4n) is 3.81. The summed E-state index contributed by atoms with van der Waals surface area (Å²) < 4.78 is 0. The van der Waals surface area contributed by atoms with E-state index in [1.54, 1.807) is 0 Å². The summed E-state index contributed by atoms with van der Waals surface area (Å²) in [7, 11) is 0. The summed E-state index contributed by atoms with van der Waals surface area (Å²) in [5.41, 5.74) is 0.962. The molecule has 0 N–H and O–H groups in total. The molecule has 0 bridgehead atoms. The number of hydrogen-bond donors (Lipinski definition) is 0. The van der Waals surface area contributed by atoms with Gasteiger partial charge in [-0.3, -0.25) is 0 Å². The summed E-state index contributed by atoms with van der Waals surface area (Å²) in [5.74, 6) is 4.72.